The van der Waals surface area contributed by atoms with Gasteiger partial charge in [0.15, 0.2) is 0 Å². The van der Waals surface area contributed by atoms with Crippen molar-refractivity contribution in [3.05, 3.63) is 72.5 Å². The number of H-pyrrole nitrogens is 3. The Bertz CT molecular complexity index is 2440. The third-order valence-corrected chi connectivity index (χ3v) is 12.0. The summed E-state index contributed by atoms with van der Waals surface area (Å²) in [4.78, 5) is 138. The van der Waals surface area contributed by atoms with Gasteiger partial charge in [0.1, 0.15) is 48.3 Å². The van der Waals surface area contributed by atoms with E-state index in [0.29, 0.717) is 22.7 Å². The van der Waals surface area contributed by atoms with Crippen LogP contribution in [0.5, 0.6) is 0 Å². The molecule has 23 nitrogen and oxygen atoms in total. The molecular weight excluding hydrogens is 937 g/mol. The number of primary amides is 1. The van der Waals surface area contributed by atoms with Crippen molar-refractivity contribution in [2.75, 3.05) is 12.0 Å². The summed E-state index contributed by atoms with van der Waals surface area (Å²) < 4.78 is 0. The van der Waals surface area contributed by atoms with E-state index in [1.165, 1.54) is 57.6 Å². The number of imidazole rings is 2. The van der Waals surface area contributed by atoms with Crippen LogP contribution < -0.4 is 48.3 Å². The highest BCUT2D eigenvalue weighted by atomic mass is 32.2. The molecule has 0 aliphatic carbocycles. The Morgan fingerprint density at radius 2 is 1.08 bits per heavy atom. The number of aromatic amines is 3. The van der Waals surface area contributed by atoms with Crippen LogP contribution in [0.4, 0.5) is 0 Å². The van der Waals surface area contributed by atoms with E-state index in [1.54, 1.807) is 20.0 Å². The predicted octanol–water partition coefficient (Wildman–Crippen LogP) is -0.479. The Balaban J connectivity index is 1.45. The summed E-state index contributed by atoms with van der Waals surface area (Å²) in [6.07, 6.45) is 9.82. The number of nitrogens with zero attached hydrogens (tertiary/aromatic N) is 2. The summed E-state index contributed by atoms with van der Waals surface area (Å²) in [5.41, 5.74) is 8.08. The van der Waals surface area contributed by atoms with Crippen molar-refractivity contribution in [2.45, 2.75) is 129 Å². The number of hydrogen-bond acceptors (Lipinski definition) is 12. The van der Waals surface area contributed by atoms with Gasteiger partial charge in [0, 0.05) is 67.1 Å². The van der Waals surface area contributed by atoms with Gasteiger partial charge in [-0.15, -0.1) is 0 Å². The first-order valence-corrected chi connectivity index (χ1v) is 24.7. The van der Waals surface area contributed by atoms with Crippen molar-refractivity contribution in [3.8, 4) is 0 Å². The fourth-order valence-corrected chi connectivity index (χ4v) is 8.00. The van der Waals surface area contributed by atoms with Crippen molar-refractivity contribution >= 4 is 75.8 Å². The topological polar surface area (TPSA) is 349 Å². The molecule has 0 radical (unpaired) electrons. The number of rotatable bonds is 28. The van der Waals surface area contributed by atoms with Gasteiger partial charge in [0.05, 0.1) is 12.7 Å². The average molecular weight is 1010 g/mol. The maximum atomic E-state index is 14.1. The maximum Gasteiger partial charge on any atom is 0.243 e. The highest BCUT2D eigenvalue weighted by Crippen LogP contribution is 2.20. The number of nitrogens with two attached hydrogens (primary N) is 1. The molecule has 0 spiro atoms. The van der Waals surface area contributed by atoms with Gasteiger partial charge >= 0.3 is 0 Å². The van der Waals surface area contributed by atoms with Gasteiger partial charge in [-0.05, 0) is 62.2 Å². The van der Waals surface area contributed by atoms with Crippen LogP contribution in [0.3, 0.4) is 0 Å². The van der Waals surface area contributed by atoms with E-state index in [9.17, 15) is 43.2 Å². The smallest absolute Gasteiger partial charge is 0.243 e. The number of thioether (sulfide) groups is 1. The fourth-order valence-electron chi connectivity index (χ4n) is 7.53. The minimum atomic E-state index is -1.27. The second-order valence-electron chi connectivity index (χ2n) is 18.1. The lowest BCUT2D eigenvalue weighted by molar-refractivity contribution is -0.136. The van der Waals surface area contributed by atoms with E-state index in [0.717, 1.165) is 10.9 Å². The minimum absolute atomic E-state index is 0.00210. The van der Waals surface area contributed by atoms with E-state index < -0.39 is 107 Å². The van der Waals surface area contributed by atoms with Gasteiger partial charge in [0.25, 0.3) is 0 Å². The quantitative estimate of drug-likeness (QED) is 0.0344. The van der Waals surface area contributed by atoms with Gasteiger partial charge in [-0.2, -0.15) is 11.8 Å². The van der Waals surface area contributed by atoms with Crippen LogP contribution in [0.1, 0.15) is 78.3 Å². The van der Waals surface area contributed by atoms with Gasteiger partial charge < -0.3 is 63.2 Å². The van der Waals surface area contributed by atoms with E-state index in [1.807, 2.05) is 44.4 Å². The predicted molar refractivity (Wildman–Crippen MR) is 266 cm³/mol. The standard InChI is InChI=1S/C47H68N14O9S/c1-24(2)15-35(44(67)57-34(40(48)63)13-14-71-8)59-46(69)38(18-31-21-50-23-53-31)58-41(64)26(5)55-47(70)39(25(3)4)61-42(65)27(6)54-43(66)36(16-29-19-51-33-12-10-9-11-32(29)33)60-45(68)37(56-28(7)62)17-30-20-49-22-52-30/h9-12,19-27,34-39,51H,13-18H2,1-8H3,(H2,48,63)(H,49,52)(H,50,53)(H,54,66)(H,55,70)(H,56,62)(H,57,67)(H,58,64)(H,59,69)(H,60,68)(H,61,65)/t26-,27+,34+,35+,36+,37+,38+,39+/m1/s1. The molecule has 9 amide bonds. The number of carbonyl (C=O) groups is 9. The lowest BCUT2D eigenvalue weighted by Gasteiger charge is -2.28. The van der Waals surface area contributed by atoms with Crippen molar-refractivity contribution in [3.63, 3.8) is 0 Å². The van der Waals surface area contributed by atoms with Crippen LogP contribution in [0.25, 0.3) is 10.9 Å². The first kappa shape index (κ1) is 56.3. The first-order valence-electron chi connectivity index (χ1n) is 23.3. The van der Waals surface area contributed by atoms with E-state index in [-0.39, 0.29) is 38.0 Å². The summed E-state index contributed by atoms with van der Waals surface area (Å²) in [5, 5.41) is 22.1. The lowest BCUT2D eigenvalue weighted by atomic mass is 10.0. The Hall–Kier alpha value is -7.24. The molecule has 4 rings (SSSR count). The van der Waals surface area contributed by atoms with Gasteiger partial charge in [0.2, 0.25) is 53.2 Å². The van der Waals surface area contributed by atoms with E-state index >= 15 is 0 Å². The molecule has 0 bridgehead atoms. The number of aromatic nitrogens is 5. The summed E-state index contributed by atoms with van der Waals surface area (Å²) >= 11 is 1.48. The van der Waals surface area contributed by atoms with Crippen molar-refractivity contribution in [2.24, 2.45) is 17.6 Å². The molecule has 0 fully saturated rings. The first-order chi connectivity index (χ1) is 33.7. The summed E-state index contributed by atoms with van der Waals surface area (Å²) in [6, 6.07) is -1.95. The zero-order chi connectivity index (χ0) is 52.4. The van der Waals surface area contributed by atoms with Crippen LogP contribution in [-0.4, -0.2) is 138 Å². The van der Waals surface area contributed by atoms with Crippen LogP contribution in [0.2, 0.25) is 0 Å². The second-order valence-corrected chi connectivity index (χ2v) is 19.1. The number of fused-ring (bicyclic) bond motifs is 1. The number of amides is 9. The van der Waals surface area contributed by atoms with Crippen molar-refractivity contribution in [1.82, 2.24) is 67.5 Å². The molecule has 0 saturated carbocycles. The molecule has 3 heterocycles. The third-order valence-electron chi connectivity index (χ3n) is 11.4. The SMILES string of the molecule is CSCC[C@H](NC(=O)[C@H](CC(C)C)NC(=O)[C@H](Cc1cnc[nH]1)NC(=O)[C@@H](C)NC(=O)[C@@H](NC(=O)[C@H](C)NC(=O)[C@H](Cc1c[nH]c2ccccc12)NC(=O)[C@H](Cc1cnc[nH]1)NC(C)=O)C(C)C)C(N)=O. The zero-order valence-corrected chi connectivity index (χ0v) is 42.1. The Morgan fingerprint density at radius 1 is 0.592 bits per heavy atom. The molecule has 3 aromatic heterocycles. The molecule has 13 N–H and O–H groups in total. The molecule has 0 saturated heterocycles. The average Bonchev–Trinajstić information content (AvgIpc) is 4.11. The number of carbonyl (C=O) groups excluding carboxylic acids is 9. The minimum Gasteiger partial charge on any atom is -0.368 e. The fraction of sp³-hybridized carbons (Fsp3) is 0.511. The highest BCUT2D eigenvalue weighted by Gasteiger charge is 2.34. The molecule has 24 heteroatoms. The number of benzene rings is 1. The Morgan fingerprint density at radius 3 is 1.62 bits per heavy atom. The van der Waals surface area contributed by atoms with E-state index in [4.69, 9.17) is 5.73 Å². The van der Waals surface area contributed by atoms with Gasteiger partial charge in [-0.25, -0.2) is 9.97 Å². The molecule has 386 valence electrons. The molecule has 0 aliphatic rings. The van der Waals surface area contributed by atoms with Gasteiger partial charge in [-0.1, -0.05) is 45.9 Å². The third kappa shape index (κ3) is 17.6. The van der Waals surface area contributed by atoms with Crippen LogP contribution >= 0.6 is 11.8 Å². The van der Waals surface area contributed by atoms with Crippen molar-refractivity contribution in [1.29, 1.82) is 0 Å². The number of hydrogen-bond donors (Lipinski definition) is 12. The van der Waals surface area contributed by atoms with Crippen LogP contribution in [-0.2, 0) is 62.4 Å². The van der Waals surface area contributed by atoms with E-state index in [2.05, 4.69) is 67.5 Å². The number of para-hydroxylation sites is 1. The van der Waals surface area contributed by atoms with Crippen molar-refractivity contribution < 1.29 is 43.2 Å². The van der Waals surface area contributed by atoms with Crippen LogP contribution in [0.15, 0.2) is 55.5 Å². The maximum absolute atomic E-state index is 14.1. The molecule has 4 aromatic rings. The normalized spacial score (nSPS) is 14.7. The Labute approximate surface area is 416 Å². The molecule has 0 aliphatic heterocycles. The molecule has 8 atom stereocenters. The molecular formula is C47H68N14O9S. The Kier molecular flexibility index (Phi) is 21.6. The largest absolute Gasteiger partial charge is 0.368 e. The second kappa shape index (κ2) is 27.2. The zero-order valence-electron chi connectivity index (χ0n) is 41.3. The monoisotopic (exact) mass is 1000 g/mol. The summed E-state index contributed by atoms with van der Waals surface area (Å²) in [5.74, 6) is -6.22. The molecule has 0 unspecified atom stereocenters. The molecule has 1 aromatic carbocycles. The lowest BCUT2D eigenvalue weighted by Crippen LogP contribution is -2.60. The summed E-state index contributed by atoms with van der Waals surface area (Å²) in [7, 11) is 0. The van der Waals surface area contributed by atoms with Crippen LogP contribution in [0, 0.1) is 11.8 Å². The van der Waals surface area contributed by atoms with Gasteiger partial charge in [-0.3, -0.25) is 43.2 Å². The highest BCUT2D eigenvalue weighted by molar-refractivity contribution is 7.98. The molecule has 71 heavy (non-hydrogen) atoms. The summed E-state index contributed by atoms with van der Waals surface area (Å²) in [6.45, 7) is 11.1. The number of nitrogens with one attached hydrogen (secondary N) is 11.